The summed E-state index contributed by atoms with van der Waals surface area (Å²) < 4.78 is 0. The van der Waals surface area contributed by atoms with Gasteiger partial charge in [0.05, 0.1) is 0 Å². The molecule has 3 rings (SSSR count). The van der Waals surface area contributed by atoms with Crippen LogP contribution in [-0.2, 0) is 0 Å². The Bertz CT molecular complexity index is 576. The molecule has 0 N–H and O–H groups in total. The van der Waals surface area contributed by atoms with E-state index in [1.54, 1.807) is 0 Å². The molecule has 2 nitrogen and oxygen atoms in total. The van der Waals surface area contributed by atoms with Crippen molar-refractivity contribution in [3.63, 3.8) is 0 Å². The zero-order chi connectivity index (χ0) is 11.1. The van der Waals surface area contributed by atoms with Crippen LogP contribution >= 0.6 is 0 Å². The van der Waals surface area contributed by atoms with Gasteiger partial charge in [-0.1, -0.05) is 50.3 Å². The van der Waals surface area contributed by atoms with E-state index < -0.39 is 0 Å². The predicted octanol–water partition coefficient (Wildman–Crippen LogP) is 3.09. The largest absolute Gasteiger partial charge is 0.662 e. The van der Waals surface area contributed by atoms with Gasteiger partial charge in [0.2, 0.25) is 0 Å². The minimum Gasteiger partial charge on any atom is -0.662 e. The molecule has 1 aromatic carbocycles. The molecule has 2 heteroatoms. The quantitative estimate of drug-likeness (QED) is 0.626. The Morgan fingerprint density at radius 3 is 1.56 bits per heavy atom. The third-order valence-corrected chi connectivity index (χ3v) is 2.80. The zero-order valence-electron chi connectivity index (χ0n) is 9.36. The Morgan fingerprint density at radius 2 is 1.12 bits per heavy atom. The highest BCUT2D eigenvalue weighted by Gasteiger charge is 1.96. The van der Waals surface area contributed by atoms with Crippen LogP contribution in [0.25, 0.3) is 22.8 Å². The van der Waals surface area contributed by atoms with Crippen molar-refractivity contribution in [2.75, 3.05) is 0 Å². The standard InChI is InChI=1S/C14H12N2/c1-9-3-5-11-7-8-12-6-4-10(2)16-14(12)13(11)15-9/h3-8H,1-2H3/q-2. The average molecular weight is 208 g/mol. The number of hydrogen-bond acceptors (Lipinski definition) is 0. The minimum atomic E-state index is 1.00. The van der Waals surface area contributed by atoms with Gasteiger partial charge in [-0.25, -0.2) is 0 Å². The van der Waals surface area contributed by atoms with E-state index >= 15 is 0 Å². The van der Waals surface area contributed by atoms with Crippen LogP contribution in [0.1, 0.15) is 13.8 Å². The molecule has 0 radical (unpaired) electrons. The van der Waals surface area contributed by atoms with E-state index in [0.29, 0.717) is 0 Å². The SMILES string of the molecule is CC1=CC=c2ccc3c(c2[N-]1)[N-]C(C)=CC=3. The van der Waals surface area contributed by atoms with E-state index in [-0.39, 0.29) is 0 Å². The lowest BCUT2D eigenvalue weighted by atomic mass is 10.1. The van der Waals surface area contributed by atoms with Crippen LogP contribution in [-0.4, -0.2) is 0 Å². The summed E-state index contributed by atoms with van der Waals surface area (Å²) >= 11 is 0. The minimum absolute atomic E-state index is 1.00. The fraction of sp³-hybridized carbons (Fsp3) is 0.143. The van der Waals surface area contributed by atoms with E-state index in [2.05, 4.69) is 34.9 Å². The summed E-state index contributed by atoms with van der Waals surface area (Å²) in [5.74, 6) is 0. The van der Waals surface area contributed by atoms with Crippen LogP contribution in [0.4, 0.5) is 11.4 Å². The first-order chi connectivity index (χ1) is 7.74. The molecular weight excluding hydrogens is 196 g/mol. The van der Waals surface area contributed by atoms with Crippen molar-refractivity contribution >= 4 is 23.5 Å². The molecular formula is C14H12N2-2. The second-order valence-electron chi connectivity index (χ2n) is 4.11. The molecule has 0 bridgehead atoms. The van der Waals surface area contributed by atoms with Gasteiger partial charge in [-0.05, 0) is 10.4 Å². The maximum Gasteiger partial charge on any atom is -0.0416 e. The number of nitrogens with zero attached hydrogens (tertiary/aromatic N) is 2. The van der Waals surface area contributed by atoms with Crippen molar-refractivity contribution in [1.29, 1.82) is 0 Å². The maximum atomic E-state index is 4.58. The number of fused-ring (bicyclic) bond motifs is 3. The molecule has 80 valence electrons. The Balaban J connectivity index is 2.30. The summed E-state index contributed by atoms with van der Waals surface area (Å²) in [4.78, 5) is 0. The molecule has 2 aliphatic rings. The summed E-state index contributed by atoms with van der Waals surface area (Å²) in [7, 11) is 0. The van der Waals surface area contributed by atoms with Crippen LogP contribution in [0.2, 0.25) is 0 Å². The number of benzene rings is 1. The third kappa shape index (κ3) is 1.34. The smallest absolute Gasteiger partial charge is 0.0416 e. The lowest BCUT2D eigenvalue weighted by Crippen LogP contribution is -2.13. The summed E-state index contributed by atoms with van der Waals surface area (Å²) in [5, 5.41) is 11.5. The molecule has 2 aliphatic heterocycles. The summed E-state index contributed by atoms with van der Waals surface area (Å²) in [5.41, 5.74) is 4.06. The van der Waals surface area contributed by atoms with Gasteiger partial charge in [-0.15, -0.1) is 11.4 Å². The summed E-state index contributed by atoms with van der Waals surface area (Å²) in [6.07, 6.45) is 8.26. The van der Waals surface area contributed by atoms with Crippen LogP contribution in [0.5, 0.6) is 0 Å². The molecule has 0 aliphatic carbocycles. The van der Waals surface area contributed by atoms with Gasteiger partial charge in [0.15, 0.2) is 0 Å². The van der Waals surface area contributed by atoms with Gasteiger partial charge in [0.25, 0.3) is 0 Å². The first kappa shape index (κ1) is 9.28. The Labute approximate surface area is 94.7 Å². The number of rotatable bonds is 0. The van der Waals surface area contributed by atoms with Gasteiger partial charge in [-0.3, -0.25) is 0 Å². The van der Waals surface area contributed by atoms with Crippen LogP contribution in [0, 0.1) is 0 Å². The molecule has 0 aromatic heterocycles. The lowest BCUT2D eigenvalue weighted by Gasteiger charge is -2.38. The van der Waals surface area contributed by atoms with Crippen molar-refractivity contribution in [1.82, 2.24) is 0 Å². The summed E-state index contributed by atoms with van der Waals surface area (Å²) in [6, 6.07) is 4.20. The van der Waals surface area contributed by atoms with E-state index in [9.17, 15) is 0 Å². The maximum absolute atomic E-state index is 4.58. The van der Waals surface area contributed by atoms with Crippen LogP contribution in [0.15, 0.2) is 35.7 Å². The van der Waals surface area contributed by atoms with Gasteiger partial charge in [0, 0.05) is 0 Å². The van der Waals surface area contributed by atoms with Crippen molar-refractivity contribution in [2.45, 2.75) is 13.8 Å². The fourth-order valence-corrected chi connectivity index (χ4v) is 1.96. The Hall–Kier alpha value is -1.96. The van der Waals surface area contributed by atoms with Crippen molar-refractivity contribution in [3.8, 4) is 0 Å². The van der Waals surface area contributed by atoms with Crippen molar-refractivity contribution in [2.24, 2.45) is 0 Å². The molecule has 0 fully saturated rings. The molecule has 0 unspecified atom stereocenters. The molecule has 16 heavy (non-hydrogen) atoms. The normalized spacial score (nSPS) is 16.4. The average Bonchev–Trinajstić information content (AvgIpc) is 2.29. The summed E-state index contributed by atoms with van der Waals surface area (Å²) in [6.45, 7) is 4.02. The van der Waals surface area contributed by atoms with Gasteiger partial charge < -0.3 is 10.6 Å². The second kappa shape index (κ2) is 3.27. The van der Waals surface area contributed by atoms with Gasteiger partial charge >= 0.3 is 0 Å². The molecule has 0 spiro atoms. The van der Waals surface area contributed by atoms with E-state index in [4.69, 9.17) is 0 Å². The number of allylic oxidation sites excluding steroid dienone is 4. The zero-order valence-corrected chi connectivity index (χ0v) is 9.36. The van der Waals surface area contributed by atoms with Gasteiger partial charge in [-0.2, -0.15) is 11.4 Å². The second-order valence-corrected chi connectivity index (χ2v) is 4.11. The molecule has 2 heterocycles. The molecule has 1 aromatic rings. The molecule has 0 saturated heterocycles. The van der Waals surface area contributed by atoms with Gasteiger partial charge in [0.1, 0.15) is 0 Å². The van der Waals surface area contributed by atoms with Crippen molar-refractivity contribution in [3.05, 3.63) is 56.7 Å². The number of hydrogen-bond donors (Lipinski definition) is 0. The van der Waals surface area contributed by atoms with Crippen molar-refractivity contribution < 1.29 is 0 Å². The highest BCUT2D eigenvalue weighted by Crippen LogP contribution is 2.36. The van der Waals surface area contributed by atoms with E-state index in [1.807, 2.05) is 26.0 Å². The third-order valence-electron chi connectivity index (χ3n) is 2.80. The van der Waals surface area contributed by atoms with E-state index in [1.165, 1.54) is 0 Å². The molecule has 0 saturated carbocycles. The molecule has 0 atom stereocenters. The fourth-order valence-electron chi connectivity index (χ4n) is 1.96. The monoisotopic (exact) mass is 208 g/mol. The highest BCUT2D eigenvalue weighted by molar-refractivity contribution is 5.84. The van der Waals surface area contributed by atoms with Crippen LogP contribution < -0.4 is 10.4 Å². The Morgan fingerprint density at radius 1 is 0.688 bits per heavy atom. The topological polar surface area (TPSA) is 28.2 Å². The lowest BCUT2D eigenvalue weighted by molar-refractivity contribution is 1.37. The Kier molecular flexibility index (Phi) is 1.90. The highest BCUT2D eigenvalue weighted by atomic mass is 15.0. The molecule has 0 amide bonds. The first-order valence-electron chi connectivity index (χ1n) is 5.38. The van der Waals surface area contributed by atoms with E-state index in [0.717, 1.165) is 33.2 Å². The predicted molar refractivity (Wildman–Crippen MR) is 68.2 cm³/mol. The van der Waals surface area contributed by atoms with Crippen LogP contribution in [0.3, 0.4) is 0 Å². The first-order valence-corrected chi connectivity index (χ1v) is 5.38.